The average Bonchev–Trinajstić information content (AvgIpc) is 3.17. The second-order valence-corrected chi connectivity index (χ2v) is 7.33. The van der Waals surface area contributed by atoms with Crippen molar-refractivity contribution in [3.8, 4) is 17.2 Å². The predicted molar refractivity (Wildman–Crippen MR) is 91.1 cm³/mol. The molecule has 2 aliphatic rings. The molecule has 132 valence electrons. The number of fused-ring (bicyclic) bond motifs is 1. The second-order valence-electron chi connectivity index (χ2n) is 7.33. The zero-order valence-corrected chi connectivity index (χ0v) is 14.7. The molecule has 6 heteroatoms. The number of carbonyl (C=O) groups excluding carboxylic acids is 1. The van der Waals surface area contributed by atoms with Crippen LogP contribution in [0.25, 0.3) is 11.5 Å². The van der Waals surface area contributed by atoms with Crippen molar-refractivity contribution in [2.45, 2.75) is 51.4 Å². The van der Waals surface area contributed by atoms with Crippen molar-refractivity contribution >= 4 is 5.91 Å². The van der Waals surface area contributed by atoms with Gasteiger partial charge in [0.05, 0.1) is 11.7 Å². The van der Waals surface area contributed by atoms with Crippen molar-refractivity contribution in [3.63, 3.8) is 0 Å². The van der Waals surface area contributed by atoms with Crippen LogP contribution in [0, 0.1) is 6.92 Å². The second kappa shape index (κ2) is 5.59. The molecule has 4 rings (SSSR count). The van der Waals surface area contributed by atoms with Crippen LogP contribution in [0.4, 0.5) is 0 Å². The minimum absolute atomic E-state index is 0.0741. The highest BCUT2D eigenvalue weighted by Gasteiger charge is 2.47. The van der Waals surface area contributed by atoms with Gasteiger partial charge < -0.3 is 19.2 Å². The Morgan fingerprint density at radius 1 is 1.36 bits per heavy atom. The van der Waals surface area contributed by atoms with Crippen LogP contribution in [0.3, 0.4) is 0 Å². The third-order valence-electron chi connectivity index (χ3n) is 5.02. The van der Waals surface area contributed by atoms with Crippen LogP contribution < -0.4 is 4.74 Å². The molecule has 2 aliphatic heterocycles. The number of amides is 1. The van der Waals surface area contributed by atoms with Gasteiger partial charge in [0.2, 0.25) is 11.8 Å². The zero-order chi connectivity index (χ0) is 17.8. The summed E-state index contributed by atoms with van der Waals surface area (Å²) in [6.45, 7) is 6.21. The van der Waals surface area contributed by atoms with Gasteiger partial charge in [0, 0.05) is 24.1 Å². The minimum atomic E-state index is -0.816. The molecule has 0 bridgehead atoms. The van der Waals surface area contributed by atoms with Gasteiger partial charge in [-0.05, 0) is 45.4 Å². The number of ether oxygens (including phenoxy) is 1. The number of nitrogens with zero attached hydrogens (tertiary/aromatic N) is 2. The highest BCUT2D eigenvalue weighted by Crippen LogP contribution is 2.45. The van der Waals surface area contributed by atoms with E-state index >= 15 is 0 Å². The molecule has 3 heterocycles. The van der Waals surface area contributed by atoms with Crippen LogP contribution >= 0.6 is 0 Å². The topological polar surface area (TPSA) is 75.8 Å². The lowest BCUT2D eigenvalue weighted by molar-refractivity contribution is -0.139. The van der Waals surface area contributed by atoms with E-state index in [4.69, 9.17) is 9.15 Å². The normalized spacial score (nSPS) is 25.0. The number of carbonyl (C=O) groups is 1. The first-order chi connectivity index (χ1) is 11.9. The summed E-state index contributed by atoms with van der Waals surface area (Å²) in [5, 5.41) is 10.9. The number of oxazole rings is 1. The van der Waals surface area contributed by atoms with Crippen molar-refractivity contribution in [1.82, 2.24) is 9.88 Å². The van der Waals surface area contributed by atoms with Gasteiger partial charge in [0.1, 0.15) is 23.7 Å². The molecule has 2 aromatic rings. The number of hydrogen-bond donors (Lipinski definition) is 1. The third kappa shape index (κ3) is 2.61. The fourth-order valence-electron chi connectivity index (χ4n) is 3.69. The Kier molecular flexibility index (Phi) is 3.61. The lowest BCUT2D eigenvalue weighted by Gasteiger charge is -2.45. The highest BCUT2D eigenvalue weighted by molar-refractivity contribution is 5.79. The average molecular weight is 342 g/mol. The van der Waals surface area contributed by atoms with Gasteiger partial charge in [-0.3, -0.25) is 4.79 Å². The van der Waals surface area contributed by atoms with Gasteiger partial charge in [-0.15, -0.1) is 0 Å². The molecule has 1 fully saturated rings. The van der Waals surface area contributed by atoms with Gasteiger partial charge >= 0.3 is 0 Å². The van der Waals surface area contributed by atoms with E-state index in [1.807, 2.05) is 39.0 Å². The molecule has 0 unspecified atom stereocenters. The molecule has 0 saturated carbocycles. The quantitative estimate of drug-likeness (QED) is 0.908. The molecule has 1 amide bonds. The molecule has 1 N–H and O–H groups in total. The Hall–Kier alpha value is -2.34. The summed E-state index contributed by atoms with van der Waals surface area (Å²) in [6, 6.07) is 5.24. The summed E-state index contributed by atoms with van der Waals surface area (Å²) in [6.07, 6.45) is 2.13. The third-order valence-corrected chi connectivity index (χ3v) is 5.02. The number of aromatic nitrogens is 1. The Morgan fingerprint density at radius 3 is 2.80 bits per heavy atom. The molecule has 1 aromatic carbocycles. The maximum atomic E-state index is 12.3. The maximum Gasteiger partial charge on any atom is 0.226 e. The monoisotopic (exact) mass is 342 g/mol. The van der Waals surface area contributed by atoms with Crippen LogP contribution in [0.15, 0.2) is 28.9 Å². The van der Waals surface area contributed by atoms with E-state index in [0.717, 1.165) is 23.2 Å². The van der Waals surface area contributed by atoms with E-state index in [1.165, 1.54) is 0 Å². The number of aliphatic hydroxyl groups is 1. The number of aliphatic hydroxyl groups excluding tert-OH is 1. The minimum Gasteiger partial charge on any atom is -0.485 e. The lowest BCUT2D eigenvalue weighted by Crippen LogP contribution is -2.53. The van der Waals surface area contributed by atoms with E-state index in [1.54, 1.807) is 11.2 Å². The van der Waals surface area contributed by atoms with Crippen molar-refractivity contribution in [3.05, 3.63) is 35.7 Å². The smallest absolute Gasteiger partial charge is 0.226 e. The number of rotatable bonds is 2. The molecule has 1 aromatic heterocycles. The molecule has 0 spiro atoms. The first-order valence-electron chi connectivity index (χ1n) is 8.60. The summed E-state index contributed by atoms with van der Waals surface area (Å²) in [4.78, 5) is 18.5. The van der Waals surface area contributed by atoms with Crippen LogP contribution in [-0.2, 0) is 4.79 Å². The SMILES string of the molecule is Cc1coc(-c2ccc3c(c2)[C@@H](N2CCCC2=O)[C@H](O)C(C)(C)O3)n1. The van der Waals surface area contributed by atoms with Gasteiger partial charge in [0.15, 0.2) is 0 Å². The Bertz CT molecular complexity index is 827. The molecular weight excluding hydrogens is 320 g/mol. The van der Waals surface area contributed by atoms with Crippen LogP contribution in [0.5, 0.6) is 5.75 Å². The molecule has 2 atom stereocenters. The van der Waals surface area contributed by atoms with Crippen molar-refractivity contribution in [2.24, 2.45) is 0 Å². The first-order valence-corrected chi connectivity index (χ1v) is 8.60. The van der Waals surface area contributed by atoms with Crippen molar-refractivity contribution < 1.29 is 19.1 Å². The summed E-state index contributed by atoms with van der Waals surface area (Å²) in [5.74, 6) is 1.28. The van der Waals surface area contributed by atoms with E-state index < -0.39 is 17.7 Å². The molecule has 0 radical (unpaired) electrons. The van der Waals surface area contributed by atoms with Gasteiger partial charge in [-0.25, -0.2) is 4.98 Å². The Labute approximate surface area is 146 Å². The number of likely N-dealkylation sites (tertiary alicyclic amines) is 1. The van der Waals surface area contributed by atoms with Gasteiger partial charge in [-0.2, -0.15) is 0 Å². The molecule has 6 nitrogen and oxygen atoms in total. The largest absolute Gasteiger partial charge is 0.485 e. The van der Waals surface area contributed by atoms with Crippen molar-refractivity contribution in [2.75, 3.05) is 6.54 Å². The standard InChI is InChI=1S/C19H22N2O4/c1-11-10-24-18(20-11)12-6-7-14-13(9-12)16(17(23)19(2,3)25-14)21-8-4-5-15(21)22/h6-7,9-10,16-17,23H,4-5,8H2,1-3H3/t16-,17+/m1/s1. The summed E-state index contributed by atoms with van der Waals surface area (Å²) in [7, 11) is 0. The summed E-state index contributed by atoms with van der Waals surface area (Å²) >= 11 is 0. The van der Waals surface area contributed by atoms with E-state index in [-0.39, 0.29) is 5.91 Å². The van der Waals surface area contributed by atoms with Gasteiger partial charge in [-0.1, -0.05) is 0 Å². The fraction of sp³-hybridized carbons (Fsp3) is 0.474. The maximum absolute atomic E-state index is 12.3. The molecular formula is C19H22N2O4. The van der Waals surface area contributed by atoms with Crippen molar-refractivity contribution in [1.29, 1.82) is 0 Å². The lowest BCUT2D eigenvalue weighted by atomic mass is 9.85. The Morgan fingerprint density at radius 2 is 2.16 bits per heavy atom. The van der Waals surface area contributed by atoms with Gasteiger partial charge in [0.25, 0.3) is 0 Å². The summed E-state index contributed by atoms with van der Waals surface area (Å²) < 4.78 is 11.5. The highest BCUT2D eigenvalue weighted by atomic mass is 16.5. The first kappa shape index (κ1) is 16.1. The number of aryl methyl sites for hydroxylation is 1. The molecule has 0 aliphatic carbocycles. The fourth-order valence-corrected chi connectivity index (χ4v) is 3.69. The van der Waals surface area contributed by atoms with E-state index in [9.17, 15) is 9.90 Å². The van der Waals surface area contributed by atoms with Crippen LogP contribution in [-0.4, -0.2) is 39.1 Å². The zero-order valence-electron chi connectivity index (χ0n) is 14.7. The molecule has 25 heavy (non-hydrogen) atoms. The number of benzene rings is 1. The predicted octanol–water partition coefficient (Wildman–Crippen LogP) is 2.85. The van der Waals surface area contributed by atoms with Crippen LogP contribution in [0.2, 0.25) is 0 Å². The van der Waals surface area contributed by atoms with Crippen LogP contribution in [0.1, 0.15) is 44.0 Å². The summed E-state index contributed by atoms with van der Waals surface area (Å²) in [5.41, 5.74) is 1.63. The van der Waals surface area contributed by atoms with E-state index in [2.05, 4.69) is 4.98 Å². The Balaban J connectivity index is 1.83. The molecule has 1 saturated heterocycles. The van der Waals surface area contributed by atoms with E-state index in [0.29, 0.717) is 24.6 Å². The number of hydrogen-bond acceptors (Lipinski definition) is 5.